The summed E-state index contributed by atoms with van der Waals surface area (Å²) in [6.07, 6.45) is 5.17. The molecule has 0 bridgehead atoms. The summed E-state index contributed by atoms with van der Waals surface area (Å²) in [4.78, 5) is 32.2. The first-order valence-corrected chi connectivity index (χ1v) is 9.18. The van der Waals surface area contributed by atoms with E-state index in [2.05, 4.69) is 20.3 Å². The quantitative estimate of drug-likeness (QED) is 0.829. The first-order valence-electron chi connectivity index (χ1n) is 9.18. The van der Waals surface area contributed by atoms with Crippen LogP contribution in [0.5, 0.6) is 0 Å². The van der Waals surface area contributed by atoms with Crippen molar-refractivity contribution in [3.8, 4) is 0 Å². The van der Waals surface area contributed by atoms with Gasteiger partial charge in [0.05, 0.1) is 19.1 Å². The number of rotatable bonds is 6. The first-order chi connectivity index (χ1) is 13.0. The highest BCUT2D eigenvalue weighted by molar-refractivity contribution is 5.94. The summed E-state index contributed by atoms with van der Waals surface area (Å²) in [6, 6.07) is 7.93. The van der Waals surface area contributed by atoms with E-state index in [0.29, 0.717) is 12.6 Å². The van der Waals surface area contributed by atoms with Crippen molar-refractivity contribution in [1.29, 1.82) is 0 Å². The minimum absolute atomic E-state index is 0.0438. The smallest absolute Gasteiger partial charge is 0.243 e. The number of piperidine rings is 1. The molecule has 8 heteroatoms. The molecule has 1 aliphatic heterocycles. The Bertz CT molecular complexity index is 751. The Morgan fingerprint density at radius 1 is 1.22 bits per heavy atom. The Kier molecular flexibility index (Phi) is 6.18. The molecule has 1 fully saturated rings. The highest BCUT2D eigenvalue weighted by atomic mass is 16.2. The zero-order chi connectivity index (χ0) is 19.2. The third-order valence-corrected chi connectivity index (χ3v) is 4.87. The van der Waals surface area contributed by atoms with Crippen LogP contribution in [0.15, 0.2) is 36.9 Å². The van der Waals surface area contributed by atoms with E-state index in [0.717, 1.165) is 37.2 Å². The van der Waals surface area contributed by atoms with E-state index in [1.807, 2.05) is 35.9 Å². The SMILES string of the molecule is Cc1ccc(NC(=O)CN(C)C(=O)CN2CCC(n3cncn3)CC2)cc1. The van der Waals surface area contributed by atoms with Crippen molar-refractivity contribution in [2.45, 2.75) is 25.8 Å². The molecule has 1 saturated heterocycles. The van der Waals surface area contributed by atoms with Gasteiger partial charge in [0.2, 0.25) is 11.8 Å². The summed E-state index contributed by atoms with van der Waals surface area (Å²) in [6.45, 7) is 4.03. The fraction of sp³-hybridized carbons (Fsp3) is 0.474. The lowest BCUT2D eigenvalue weighted by molar-refractivity contribution is -0.134. The zero-order valence-electron chi connectivity index (χ0n) is 15.8. The van der Waals surface area contributed by atoms with Gasteiger partial charge in [0.15, 0.2) is 0 Å². The maximum Gasteiger partial charge on any atom is 0.243 e. The number of carbonyl (C=O) groups excluding carboxylic acids is 2. The van der Waals surface area contributed by atoms with E-state index in [9.17, 15) is 9.59 Å². The van der Waals surface area contributed by atoms with Gasteiger partial charge in [-0.3, -0.25) is 14.5 Å². The number of amides is 2. The van der Waals surface area contributed by atoms with E-state index in [1.54, 1.807) is 19.7 Å². The molecule has 3 rings (SSSR count). The topological polar surface area (TPSA) is 83.4 Å². The average Bonchev–Trinajstić information content (AvgIpc) is 3.19. The van der Waals surface area contributed by atoms with E-state index >= 15 is 0 Å². The van der Waals surface area contributed by atoms with Crippen molar-refractivity contribution in [1.82, 2.24) is 24.6 Å². The second kappa shape index (κ2) is 8.77. The van der Waals surface area contributed by atoms with Crippen LogP contribution in [0.3, 0.4) is 0 Å². The molecule has 144 valence electrons. The molecule has 2 amide bonds. The van der Waals surface area contributed by atoms with Crippen LogP contribution >= 0.6 is 0 Å². The minimum Gasteiger partial charge on any atom is -0.335 e. The molecule has 0 atom stereocenters. The number of benzene rings is 1. The van der Waals surface area contributed by atoms with Crippen molar-refractivity contribution in [3.63, 3.8) is 0 Å². The minimum atomic E-state index is -0.195. The second-order valence-electron chi connectivity index (χ2n) is 7.05. The monoisotopic (exact) mass is 370 g/mol. The number of nitrogens with zero attached hydrogens (tertiary/aromatic N) is 5. The summed E-state index contributed by atoms with van der Waals surface area (Å²) in [5, 5.41) is 7.01. The standard InChI is InChI=1S/C19H26N6O2/c1-15-3-5-16(6-4-15)22-18(26)11-23(2)19(27)12-24-9-7-17(8-10-24)25-14-20-13-21-25/h3-6,13-14,17H,7-12H2,1-2H3,(H,22,26). The summed E-state index contributed by atoms with van der Waals surface area (Å²) < 4.78 is 1.89. The third kappa shape index (κ3) is 5.37. The maximum atomic E-state index is 12.4. The molecule has 0 unspecified atom stereocenters. The van der Waals surface area contributed by atoms with Crippen molar-refractivity contribution in [2.24, 2.45) is 0 Å². The molecule has 2 heterocycles. The van der Waals surface area contributed by atoms with Crippen LogP contribution in [0, 0.1) is 6.92 Å². The summed E-state index contributed by atoms with van der Waals surface area (Å²) in [5.74, 6) is -0.243. The molecule has 0 radical (unpaired) electrons. The van der Waals surface area contributed by atoms with Crippen molar-refractivity contribution in [3.05, 3.63) is 42.5 Å². The van der Waals surface area contributed by atoms with Gasteiger partial charge >= 0.3 is 0 Å². The van der Waals surface area contributed by atoms with Gasteiger partial charge in [-0.15, -0.1) is 0 Å². The van der Waals surface area contributed by atoms with Crippen LogP contribution in [0.25, 0.3) is 0 Å². The normalized spacial score (nSPS) is 15.5. The number of carbonyl (C=O) groups is 2. The largest absolute Gasteiger partial charge is 0.335 e. The van der Waals surface area contributed by atoms with Crippen LogP contribution < -0.4 is 5.32 Å². The molecular weight excluding hydrogens is 344 g/mol. The van der Waals surface area contributed by atoms with Crippen molar-refractivity contribution in [2.75, 3.05) is 38.5 Å². The van der Waals surface area contributed by atoms with Crippen molar-refractivity contribution >= 4 is 17.5 Å². The Hall–Kier alpha value is -2.74. The van der Waals surface area contributed by atoms with Crippen LogP contribution in [0.2, 0.25) is 0 Å². The van der Waals surface area contributed by atoms with E-state index in [1.165, 1.54) is 4.90 Å². The van der Waals surface area contributed by atoms with E-state index in [-0.39, 0.29) is 18.4 Å². The average molecular weight is 370 g/mol. The molecule has 0 aliphatic carbocycles. The van der Waals surface area contributed by atoms with Gasteiger partial charge in [0, 0.05) is 25.8 Å². The number of hydrogen-bond acceptors (Lipinski definition) is 5. The molecule has 1 aliphatic rings. The number of aromatic nitrogens is 3. The molecule has 0 spiro atoms. The van der Waals surface area contributed by atoms with Gasteiger partial charge < -0.3 is 10.2 Å². The predicted octanol–water partition coefficient (Wildman–Crippen LogP) is 1.32. The molecule has 0 saturated carbocycles. The van der Waals surface area contributed by atoms with Crippen LogP contribution in [0.4, 0.5) is 5.69 Å². The number of likely N-dealkylation sites (tertiary alicyclic amines) is 1. The molecule has 1 aromatic heterocycles. The summed E-state index contributed by atoms with van der Waals surface area (Å²) >= 11 is 0. The highest BCUT2D eigenvalue weighted by Gasteiger charge is 2.23. The van der Waals surface area contributed by atoms with E-state index < -0.39 is 0 Å². The van der Waals surface area contributed by atoms with Crippen LogP contribution in [-0.2, 0) is 9.59 Å². The van der Waals surface area contributed by atoms with Gasteiger partial charge in [-0.05, 0) is 31.9 Å². The molecular formula is C19H26N6O2. The van der Waals surface area contributed by atoms with Gasteiger partial charge in [-0.1, -0.05) is 17.7 Å². The van der Waals surface area contributed by atoms with Crippen LogP contribution in [-0.4, -0.2) is 69.6 Å². The third-order valence-electron chi connectivity index (χ3n) is 4.87. The number of anilines is 1. The van der Waals surface area contributed by atoms with Gasteiger partial charge in [-0.25, -0.2) is 9.67 Å². The lowest BCUT2D eigenvalue weighted by Crippen LogP contribution is -2.44. The zero-order valence-corrected chi connectivity index (χ0v) is 15.8. The van der Waals surface area contributed by atoms with Gasteiger partial charge in [0.25, 0.3) is 0 Å². The molecule has 27 heavy (non-hydrogen) atoms. The number of nitrogens with one attached hydrogen (secondary N) is 1. The second-order valence-corrected chi connectivity index (χ2v) is 7.05. The molecule has 2 aromatic rings. The Balaban J connectivity index is 1.41. The summed E-state index contributed by atoms with van der Waals surface area (Å²) in [7, 11) is 1.67. The fourth-order valence-electron chi connectivity index (χ4n) is 3.20. The number of aryl methyl sites for hydroxylation is 1. The number of hydrogen-bond donors (Lipinski definition) is 1. The Morgan fingerprint density at radius 2 is 1.93 bits per heavy atom. The molecule has 8 nitrogen and oxygen atoms in total. The summed E-state index contributed by atoms with van der Waals surface area (Å²) in [5.41, 5.74) is 1.87. The highest BCUT2D eigenvalue weighted by Crippen LogP contribution is 2.20. The predicted molar refractivity (Wildman–Crippen MR) is 102 cm³/mol. The van der Waals surface area contributed by atoms with Gasteiger partial charge in [-0.2, -0.15) is 5.10 Å². The lowest BCUT2D eigenvalue weighted by atomic mass is 10.1. The number of likely N-dealkylation sites (N-methyl/N-ethyl adjacent to an activating group) is 1. The fourth-order valence-corrected chi connectivity index (χ4v) is 3.20. The maximum absolute atomic E-state index is 12.4. The van der Waals surface area contributed by atoms with E-state index in [4.69, 9.17) is 0 Å². The molecule has 1 aromatic carbocycles. The Labute approximate surface area is 159 Å². The van der Waals surface area contributed by atoms with Crippen molar-refractivity contribution < 1.29 is 9.59 Å². The van der Waals surface area contributed by atoms with Gasteiger partial charge in [0.1, 0.15) is 12.7 Å². The Morgan fingerprint density at radius 3 is 2.56 bits per heavy atom. The lowest BCUT2D eigenvalue weighted by Gasteiger charge is -2.32. The first kappa shape index (κ1) is 19.0. The van der Waals surface area contributed by atoms with Crippen LogP contribution in [0.1, 0.15) is 24.4 Å². The molecule has 1 N–H and O–H groups in total.